The number of aliphatic hydroxyl groups is 1. The van der Waals surface area contributed by atoms with Crippen molar-refractivity contribution in [2.45, 2.75) is 23.8 Å². The zero-order valence-corrected chi connectivity index (χ0v) is 11.9. The highest BCUT2D eigenvalue weighted by Gasteiger charge is 2.31. The van der Waals surface area contributed by atoms with Crippen LogP contribution in [0.15, 0.2) is 23.2 Å². The van der Waals surface area contributed by atoms with E-state index in [0.717, 1.165) is 0 Å². The number of rotatable bonds is 5. The maximum atomic E-state index is 12.4. The van der Waals surface area contributed by atoms with Crippen LogP contribution < -0.4 is 5.32 Å². The van der Waals surface area contributed by atoms with Gasteiger partial charge in [-0.25, -0.2) is 17.7 Å². The smallest absolute Gasteiger partial charge is 0.243 e. The maximum absolute atomic E-state index is 12.4. The van der Waals surface area contributed by atoms with Crippen LogP contribution in [-0.4, -0.2) is 49.6 Å². The second-order valence-corrected chi connectivity index (χ2v) is 6.95. The van der Waals surface area contributed by atoms with Gasteiger partial charge in [0.05, 0.1) is 11.0 Å². The minimum absolute atomic E-state index is 0.231. The van der Waals surface area contributed by atoms with Crippen LogP contribution in [-0.2, 0) is 10.0 Å². The van der Waals surface area contributed by atoms with E-state index in [-0.39, 0.29) is 16.9 Å². The van der Waals surface area contributed by atoms with Crippen LogP contribution in [0.3, 0.4) is 0 Å². The standard InChI is InChI=1S/C12H19N3O3S/c1-13-12-7-11(3-4-14-12)19(17,18)15(2)8-9-5-10(16)6-9/h3-4,7,9-10,16H,5-6,8H2,1-2H3,(H,13,14). The van der Waals surface area contributed by atoms with E-state index in [4.69, 9.17) is 0 Å². The molecule has 0 aliphatic heterocycles. The molecule has 1 aliphatic carbocycles. The van der Waals surface area contributed by atoms with Gasteiger partial charge in [0, 0.05) is 32.9 Å². The second-order valence-electron chi connectivity index (χ2n) is 4.90. The molecule has 1 aromatic rings. The van der Waals surface area contributed by atoms with Crippen LogP contribution in [0, 0.1) is 5.92 Å². The van der Waals surface area contributed by atoms with Crippen molar-refractivity contribution in [3.63, 3.8) is 0 Å². The van der Waals surface area contributed by atoms with Gasteiger partial charge in [0.1, 0.15) is 5.82 Å². The number of hydrogen-bond acceptors (Lipinski definition) is 5. The molecule has 1 fully saturated rings. The summed E-state index contributed by atoms with van der Waals surface area (Å²) in [5.74, 6) is 0.772. The molecule has 1 saturated carbocycles. The Hall–Kier alpha value is -1.18. The third-order valence-corrected chi connectivity index (χ3v) is 5.24. The number of aliphatic hydroxyl groups excluding tert-OH is 1. The van der Waals surface area contributed by atoms with Crippen LogP contribution in [0.2, 0.25) is 0 Å². The fourth-order valence-electron chi connectivity index (χ4n) is 2.20. The summed E-state index contributed by atoms with van der Waals surface area (Å²) in [5, 5.41) is 12.1. The van der Waals surface area contributed by atoms with E-state index >= 15 is 0 Å². The number of anilines is 1. The van der Waals surface area contributed by atoms with Crippen molar-refractivity contribution >= 4 is 15.8 Å². The molecule has 7 heteroatoms. The Labute approximate surface area is 113 Å². The predicted molar refractivity (Wildman–Crippen MR) is 72.3 cm³/mol. The van der Waals surface area contributed by atoms with E-state index in [0.29, 0.717) is 25.2 Å². The van der Waals surface area contributed by atoms with Crippen molar-refractivity contribution in [2.75, 3.05) is 26.0 Å². The van der Waals surface area contributed by atoms with Crippen LogP contribution in [0.5, 0.6) is 0 Å². The first-order valence-corrected chi connectivity index (χ1v) is 7.65. The van der Waals surface area contributed by atoms with Crippen LogP contribution in [0.1, 0.15) is 12.8 Å². The van der Waals surface area contributed by atoms with Gasteiger partial charge in [-0.05, 0) is 24.8 Å². The van der Waals surface area contributed by atoms with E-state index in [1.165, 1.54) is 22.6 Å². The number of hydrogen-bond donors (Lipinski definition) is 2. The van der Waals surface area contributed by atoms with E-state index in [9.17, 15) is 13.5 Å². The van der Waals surface area contributed by atoms with Crippen molar-refractivity contribution < 1.29 is 13.5 Å². The van der Waals surface area contributed by atoms with Crippen molar-refractivity contribution in [1.82, 2.24) is 9.29 Å². The van der Waals surface area contributed by atoms with Gasteiger partial charge in [-0.3, -0.25) is 0 Å². The topological polar surface area (TPSA) is 82.5 Å². The van der Waals surface area contributed by atoms with E-state index in [1.807, 2.05) is 0 Å². The van der Waals surface area contributed by atoms with Gasteiger partial charge in [0.15, 0.2) is 0 Å². The normalized spacial score (nSPS) is 23.2. The SMILES string of the molecule is CNc1cc(S(=O)(=O)N(C)CC2CC(O)C2)ccn1. The summed E-state index contributed by atoms with van der Waals surface area (Å²) in [6.07, 6.45) is 2.56. The van der Waals surface area contributed by atoms with Crippen molar-refractivity contribution in [3.8, 4) is 0 Å². The summed E-state index contributed by atoms with van der Waals surface area (Å²) >= 11 is 0. The summed E-state index contributed by atoms with van der Waals surface area (Å²) in [4.78, 5) is 4.23. The van der Waals surface area contributed by atoms with Gasteiger partial charge in [-0.1, -0.05) is 0 Å². The first-order chi connectivity index (χ1) is 8.93. The quantitative estimate of drug-likeness (QED) is 0.824. The van der Waals surface area contributed by atoms with E-state index in [2.05, 4.69) is 10.3 Å². The predicted octanol–water partition coefficient (Wildman–Crippen LogP) is 0.515. The molecule has 1 heterocycles. The maximum Gasteiger partial charge on any atom is 0.243 e. The molecular formula is C12H19N3O3S. The summed E-state index contributed by atoms with van der Waals surface area (Å²) in [6.45, 7) is 0.441. The van der Waals surface area contributed by atoms with Gasteiger partial charge >= 0.3 is 0 Å². The molecule has 0 bridgehead atoms. The van der Waals surface area contributed by atoms with Crippen LogP contribution in [0.4, 0.5) is 5.82 Å². The highest BCUT2D eigenvalue weighted by Crippen LogP contribution is 2.29. The van der Waals surface area contributed by atoms with E-state index in [1.54, 1.807) is 14.1 Å². The molecular weight excluding hydrogens is 266 g/mol. The Morgan fingerprint density at radius 1 is 1.53 bits per heavy atom. The van der Waals surface area contributed by atoms with Crippen molar-refractivity contribution in [2.24, 2.45) is 5.92 Å². The third kappa shape index (κ3) is 3.05. The Kier molecular flexibility index (Phi) is 4.07. The first kappa shape index (κ1) is 14.2. The van der Waals surface area contributed by atoms with Crippen LogP contribution >= 0.6 is 0 Å². The Morgan fingerprint density at radius 2 is 2.21 bits per heavy atom. The summed E-state index contributed by atoms with van der Waals surface area (Å²) in [6, 6.07) is 3.00. The van der Waals surface area contributed by atoms with Gasteiger partial charge in [-0.2, -0.15) is 0 Å². The Bertz CT molecular complexity index is 541. The lowest BCUT2D eigenvalue weighted by Crippen LogP contribution is -2.39. The van der Waals surface area contributed by atoms with Gasteiger partial charge in [0.25, 0.3) is 0 Å². The average Bonchev–Trinajstić information content (AvgIpc) is 2.36. The van der Waals surface area contributed by atoms with Crippen molar-refractivity contribution in [1.29, 1.82) is 0 Å². The lowest BCUT2D eigenvalue weighted by atomic mass is 9.82. The highest BCUT2D eigenvalue weighted by atomic mass is 32.2. The minimum Gasteiger partial charge on any atom is -0.393 e. The zero-order valence-electron chi connectivity index (χ0n) is 11.1. The number of sulfonamides is 1. The fourth-order valence-corrected chi connectivity index (χ4v) is 3.46. The molecule has 0 amide bonds. The molecule has 6 nitrogen and oxygen atoms in total. The molecule has 106 valence electrons. The summed E-state index contributed by atoms with van der Waals surface area (Å²) in [5.41, 5.74) is 0. The highest BCUT2D eigenvalue weighted by molar-refractivity contribution is 7.89. The average molecular weight is 285 g/mol. The first-order valence-electron chi connectivity index (χ1n) is 6.21. The molecule has 0 unspecified atom stereocenters. The zero-order chi connectivity index (χ0) is 14.0. The fraction of sp³-hybridized carbons (Fsp3) is 0.583. The number of aromatic nitrogens is 1. The molecule has 1 aliphatic rings. The summed E-state index contributed by atoms with van der Waals surface area (Å²) < 4.78 is 26.1. The largest absolute Gasteiger partial charge is 0.393 e. The van der Waals surface area contributed by atoms with Crippen molar-refractivity contribution in [3.05, 3.63) is 18.3 Å². The van der Waals surface area contributed by atoms with Gasteiger partial charge in [0.2, 0.25) is 10.0 Å². The number of pyridine rings is 1. The molecule has 0 spiro atoms. The molecule has 0 saturated heterocycles. The Balaban J connectivity index is 2.11. The van der Waals surface area contributed by atoms with Gasteiger partial charge in [-0.15, -0.1) is 0 Å². The van der Waals surface area contributed by atoms with Crippen LogP contribution in [0.25, 0.3) is 0 Å². The molecule has 19 heavy (non-hydrogen) atoms. The number of nitrogens with zero attached hydrogens (tertiary/aromatic N) is 2. The molecule has 0 radical (unpaired) electrons. The Morgan fingerprint density at radius 3 is 2.79 bits per heavy atom. The third-order valence-electron chi connectivity index (χ3n) is 3.42. The monoisotopic (exact) mass is 285 g/mol. The molecule has 0 aromatic carbocycles. The molecule has 2 rings (SSSR count). The molecule has 2 N–H and O–H groups in total. The number of nitrogens with one attached hydrogen (secondary N) is 1. The van der Waals surface area contributed by atoms with Gasteiger partial charge < -0.3 is 10.4 Å². The van der Waals surface area contributed by atoms with E-state index < -0.39 is 10.0 Å². The summed E-state index contributed by atoms with van der Waals surface area (Å²) in [7, 11) is -0.227. The second kappa shape index (κ2) is 5.44. The minimum atomic E-state index is -3.49. The molecule has 1 aromatic heterocycles. The lowest BCUT2D eigenvalue weighted by Gasteiger charge is -2.34. The molecule has 0 atom stereocenters. The lowest BCUT2D eigenvalue weighted by molar-refractivity contribution is 0.0367.